The largest absolute Gasteiger partial charge is 0.323 e. The smallest absolute Gasteiger partial charge is 0.322 e. The van der Waals surface area contributed by atoms with Gasteiger partial charge in [-0.05, 0) is 73.0 Å². The number of hydrogen-bond acceptors (Lipinski definition) is 3. The van der Waals surface area contributed by atoms with Crippen molar-refractivity contribution < 1.29 is 9.59 Å². The molecule has 2 aromatic carbocycles. The van der Waals surface area contributed by atoms with Crippen LogP contribution >= 0.6 is 0 Å². The third kappa shape index (κ3) is 2.81. The normalized spacial score (nSPS) is 24.6. The molecule has 144 valence electrons. The van der Waals surface area contributed by atoms with Crippen molar-refractivity contribution in [2.75, 3.05) is 13.1 Å². The SMILES string of the molecule is CC1(C2CCN(Cc3ccc4c(c3)Cc3ccccc3-4)CC2)NC(=O)NC1=O. The van der Waals surface area contributed by atoms with Crippen molar-refractivity contribution in [1.82, 2.24) is 15.5 Å². The van der Waals surface area contributed by atoms with Crippen molar-refractivity contribution in [1.29, 1.82) is 0 Å². The van der Waals surface area contributed by atoms with Gasteiger partial charge in [0.2, 0.25) is 0 Å². The summed E-state index contributed by atoms with van der Waals surface area (Å²) < 4.78 is 0. The molecule has 0 spiro atoms. The van der Waals surface area contributed by atoms with Gasteiger partial charge in [-0.3, -0.25) is 15.0 Å². The van der Waals surface area contributed by atoms with Crippen LogP contribution in [-0.4, -0.2) is 35.5 Å². The molecule has 3 aliphatic rings. The van der Waals surface area contributed by atoms with Crippen LogP contribution in [0.3, 0.4) is 0 Å². The molecule has 1 aliphatic carbocycles. The topological polar surface area (TPSA) is 61.4 Å². The highest BCUT2D eigenvalue weighted by atomic mass is 16.2. The summed E-state index contributed by atoms with van der Waals surface area (Å²) in [6.45, 7) is 4.68. The molecule has 2 saturated heterocycles. The summed E-state index contributed by atoms with van der Waals surface area (Å²) in [6, 6.07) is 15.2. The number of imide groups is 1. The van der Waals surface area contributed by atoms with Crippen molar-refractivity contribution in [3.63, 3.8) is 0 Å². The quantitative estimate of drug-likeness (QED) is 0.692. The minimum absolute atomic E-state index is 0.185. The predicted molar refractivity (Wildman–Crippen MR) is 108 cm³/mol. The first-order chi connectivity index (χ1) is 13.5. The van der Waals surface area contributed by atoms with Crippen molar-refractivity contribution in [3.8, 4) is 11.1 Å². The van der Waals surface area contributed by atoms with Crippen LogP contribution in [0, 0.1) is 5.92 Å². The van der Waals surface area contributed by atoms with Crippen LogP contribution in [0.4, 0.5) is 4.79 Å². The van der Waals surface area contributed by atoms with Gasteiger partial charge < -0.3 is 5.32 Å². The van der Waals surface area contributed by atoms with Gasteiger partial charge in [0.05, 0.1) is 0 Å². The van der Waals surface area contributed by atoms with Crippen LogP contribution in [-0.2, 0) is 17.8 Å². The Bertz CT molecular complexity index is 962. The summed E-state index contributed by atoms with van der Waals surface area (Å²) in [5.41, 5.74) is 6.17. The Balaban J connectivity index is 1.24. The third-order valence-corrected chi connectivity index (χ3v) is 6.74. The van der Waals surface area contributed by atoms with E-state index in [4.69, 9.17) is 0 Å². The highest BCUT2D eigenvalue weighted by Crippen LogP contribution is 2.37. The van der Waals surface area contributed by atoms with Gasteiger partial charge in [0.15, 0.2) is 0 Å². The zero-order valence-electron chi connectivity index (χ0n) is 16.1. The highest BCUT2D eigenvalue weighted by molar-refractivity contribution is 6.06. The zero-order chi connectivity index (χ0) is 19.3. The van der Waals surface area contributed by atoms with Gasteiger partial charge in [-0.25, -0.2) is 4.79 Å². The lowest BCUT2D eigenvalue weighted by Gasteiger charge is -2.38. The Labute approximate surface area is 165 Å². The Morgan fingerprint density at radius 1 is 1.04 bits per heavy atom. The number of nitrogens with zero attached hydrogens (tertiary/aromatic N) is 1. The summed E-state index contributed by atoms with van der Waals surface area (Å²) in [7, 11) is 0. The van der Waals surface area contributed by atoms with Gasteiger partial charge >= 0.3 is 6.03 Å². The molecule has 5 nitrogen and oxygen atoms in total. The number of benzene rings is 2. The molecular formula is C23H25N3O2. The number of urea groups is 1. The Kier molecular flexibility index (Phi) is 4.02. The molecule has 2 aliphatic heterocycles. The van der Waals surface area contributed by atoms with Gasteiger partial charge in [0, 0.05) is 6.54 Å². The van der Waals surface area contributed by atoms with E-state index in [1.165, 1.54) is 27.8 Å². The number of rotatable bonds is 3. The molecule has 5 heteroatoms. The Morgan fingerprint density at radius 3 is 2.54 bits per heavy atom. The third-order valence-electron chi connectivity index (χ3n) is 6.74. The van der Waals surface area contributed by atoms with E-state index in [1.54, 1.807) is 0 Å². The maximum atomic E-state index is 12.2. The van der Waals surface area contributed by atoms with Gasteiger partial charge in [-0.1, -0.05) is 42.5 Å². The fourth-order valence-corrected chi connectivity index (χ4v) is 5.07. The first-order valence-electron chi connectivity index (χ1n) is 10.1. The summed E-state index contributed by atoms with van der Waals surface area (Å²) >= 11 is 0. The summed E-state index contributed by atoms with van der Waals surface area (Å²) in [5.74, 6) is -0.00106. The van der Waals surface area contributed by atoms with Crippen molar-refractivity contribution in [3.05, 3.63) is 59.2 Å². The van der Waals surface area contributed by atoms with Crippen LogP contribution in [0.15, 0.2) is 42.5 Å². The molecule has 1 atom stereocenters. The van der Waals surface area contributed by atoms with E-state index in [-0.39, 0.29) is 17.9 Å². The standard InChI is InChI=1S/C23H25N3O2/c1-23(21(27)24-22(28)25-23)18-8-10-26(11-9-18)14-15-6-7-20-17(12-15)13-16-4-2-3-5-19(16)20/h2-7,12,18H,8-11,13-14H2,1H3,(H2,24,25,27,28). The maximum Gasteiger partial charge on any atom is 0.322 e. The summed E-state index contributed by atoms with van der Waals surface area (Å²) in [4.78, 5) is 26.2. The van der Waals surface area contributed by atoms with Crippen molar-refractivity contribution in [2.24, 2.45) is 5.92 Å². The van der Waals surface area contributed by atoms with Crippen LogP contribution < -0.4 is 10.6 Å². The molecule has 28 heavy (non-hydrogen) atoms. The first kappa shape index (κ1) is 17.4. The van der Waals surface area contributed by atoms with E-state index >= 15 is 0 Å². The van der Waals surface area contributed by atoms with Crippen molar-refractivity contribution in [2.45, 2.75) is 38.3 Å². The van der Waals surface area contributed by atoms with Crippen molar-refractivity contribution >= 4 is 11.9 Å². The highest BCUT2D eigenvalue weighted by Gasteiger charge is 2.48. The Hall–Kier alpha value is -2.66. The molecule has 3 amide bonds. The van der Waals surface area contributed by atoms with E-state index in [2.05, 4.69) is 58.0 Å². The molecule has 2 aromatic rings. The lowest BCUT2D eigenvalue weighted by molar-refractivity contribution is -0.125. The molecule has 2 fully saturated rings. The van der Waals surface area contributed by atoms with Crippen LogP contribution in [0.25, 0.3) is 11.1 Å². The fraction of sp³-hybridized carbons (Fsp3) is 0.391. The number of hydrogen-bond donors (Lipinski definition) is 2. The summed E-state index contributed by atoms with van der Waals surface area (Å²) in [6.07, 6.45) is 2.86. The maximum absolute atomic E-state index is 12.2. The van der Waals surface area contributed by atoms with Crippen LogP contribution in [0.2, 0.25) is 0 Å². The van der Waals surface area contributed by atoms with Gasteiger partial charge in [-0.15, -0.1) is 0 Å². The number of fused-ring (bicyclic) bond motifs is 3. The minimum atomic E-state index is -0.761. The average Bonchev–Trinajstić information content (AvgIpc) is 3.18. The van der Waals surface area contributed by atoms with Crippen LogP contribution in [0.1, 0.15) is 36.5 Å². The first-order valence-corrected chi connectivity index (χ1v) is 10.1. The monoisotopic (exact) mass is 375 g/mol. The molecule has 0 bridgehead atoms. The van der Waals surface area contributed by atoms with Gasteiger partial charge in [0.25, 0.3) is 5.91 Å². The van der Waals surface area contributed by atoms with Gasteiger partial charge in [-0.2, -0.15) is 0 Å². The second-order valence-electron chi connectivity index (χ2n) is 8.49. The molecule has 0 radical (unpaired) electrons. The molecular weight excluding hydrogens is 350 g/mol. The van der Waals surface area contributed by atoms with Gasteiger partial charge in [0.1, 0.15) is 5.54 Å². The molecule has 1 unspecified atom stereocenters. The lowest BCUT2D eigenvalue weighted by atomic mass is 9.79. The second-order valence-corrected chi connectivity index (χ2v) is 8.49. The van der Waals surface area contributed by atoms with E-state index in [0.29, 0.717) is 0 Å². The predicted octanol–water partition coefficient (Wildman–Crippen LogP) is 3.07. The molecule has 0 saturated carbocycles. The number of carbonyl (C=O) groups excluding carboxylic acids is 2. The van der Waals surface area contributed by atoms with E-state index < -0.39 is 5.54 Å². The van der Waals surface area contributed by atoms with E-state index in [9.17, 15) is 9.59 Å². The number of carbonyl (C=O) groups is 2. The summed E-state index contributed by atoms with van der Waals surface area (Å²) in [5, 5.41) is 5.22. The number of nitrogens with one attached hydrogen (secondary N) is 2. The van der Waals surface area contributed by atoms with Crippen LogP contribution in [0.5, 0.6) is 0 Å². The molecule has 0 aromatic heterocycles. The number of amides is 3. The fourth-order valence-electron chi connectivity index (χ4n) is 5.07. The molecule has 2 heterocycles. The second kappa shape index (κ2) is 6.45. The Morgan fingerprint density at radius 2 is 1.79 bits per heavy atom. The minimum Gasteiger partial charge on any atom is -0.323 e. The average molecular weight is 375 g/mol. The number of likely N-dealkylation sites (tertiary alicyclic amines) is 1. The lowest BCUT2D eigenvalue weighted by Crippen LogP contribution is -2.53. The zero-order valence-corrected chi connectivity index (χ0v) is 16.1. The van der Waals surface area contributed by atoms with E-state index in [0.717, 1.165) is 38.9 Å². The number of piperidine rings is 1. The molecule has 2 N–H and O–H groups in total. The molecule has 5 rings (SSSR count). The van der Waals surface area contributed by atoms with E-state index in [1.807, 2.05) is 6.92 Å².